The summed E-state index contributed by atoms with van der Waals surface area (Å²) in [6.07, 6.45) is 2.43. The van der Waals surface area contributed by atoms with Crippen molar-refractivity contribution in [1.29, 1.82) is 0 Å². The monoisotopic (exact) mass is 193 g/mol. The Morgan fingerprint density at radius 1 is 1.64 bits per heavy atom. The standard InChI is InChI=1S/C9H11N3O2/c1-11-5-10-7-2-6-4-14-9(13)12(6)3-8(7)11/h5-6H,2-4H2,1H3/t6-/m0/s1. The van der Waals surface area contributed by atoms with Gasteiger partial charge in [-0.25, -0.2) is 9.78 Å². The van der Waals surface area contributed by atoms with Crippen LogP contribution in [0.4, 0.5) is 4.79 Å². The number of aromatic nitrogens is 2. The first kappa shape index (κ1) is 7.84. The number of hydrogen-bond acceptors (Lipinski definition) is 3. The van der Waals surface area contributed by atoms with Crippen molar-refractivity contribution < 1.29 is 9.53 Å². The number of cyclic esters (lactones) is 1. The van der Waals surface area contributed by atoms with Crippen LogP contribution in [0.5, 0.6) is 0 Å². The minimum atomic E-state index is -0.193. The zero-order valence-electron chi connectivity index (χ0n) is 7.93. The highest BCUT2D eigenvalue weighted by molar-refractivity contribution is 5.70. The Kier molecular flexibility index (Phi) is 1.40. The van der Waals surface area contributed by atoms with Gasteiger partial charge in [0, 0.05) is 13.5 Å². The maximum absolute atomic E-state index is 11.3. The number of aryl methyl sites for hydroxylation is 1. The summed E-state index contributed by atoms with van der Waals surface area (Å²) in [6.45, 7) is 1.14. The predicted octanol–water partition coefficient (Wildman–Crippen LogP) is 0.297. The Hall–Kier alpha value is -1.52. The molecule has 3 rings (SSSR count). The Morgan fingerprint density at radius 3 is 3.36 bits per heavy atom. The number of carbonyl (C=O) groups is 1. The minimum absolute atomic E-state index is 0.193. The number of fused-ring (bicyclic) bond motifs is 2. The smallest absolute Gasteiger partial charge is 0.410 e. The topological polar surface area (TPSA) is 47.4 Å². The van der Waals surface area contributed by atoms with Gasteiger partial charge in [-0.15, -0.1) is 0 Å². The lowest BCUT2D eigenvalue weighted by molar-refractivity contribution is 0.154. The molecule has 1 aromatic heterocycles. The van der Waals surface area contributed by atoms with Crippen LogP contribution >= 0.6 is 0 Å². The second kappa shape index (κ2) is 2.50. The van der Waals surface area contributed by atoms with Crippen LogP contribution in [-0.2, 0) is 24.8 Å². The van der Waals surface area contributed by atoms with Crippen LogP contribution in [0, 0.1) is 0 Å². The number of nitrogens with zero attached hydrogens (tertiary/aromatic N) is 3. The van der Waals surface area contributed by atoms with Crippen LogP contribution in [0.15, 0.2) is 6.33 Å². The van der Waals surface area contributed by atoms with Gasteiger partial charge in [-0.3, -0.25) is 4.90 Å². The number of ether oxygens (including phenoxy) is 1. The highest BCUT2D eigenvalue weighted by Gasteiger charge is 2.38. The van der Waals surface area contributed by atoms with Gasteiger partial charge in [-0.2, -0.15) is 0 Å². The summed E-state index contributed by atoms with van der Waals surface area (Å²) < 4.78 is 6.96. The molecule has 1 atom stereocenters. The van der Waals surface area contributed by atoms with Gasteiger partial charge in [0.15, 0.2) is 0 Å². The molecule has 1 amide bonds. The number of amides is 1. The molecule has 0 bridgehead atoms. The molecule has 0 N–H and O–H groups in total. The molecular formula is C9H11N3O2. The summed E-state index contributed by atoms with van der Waals surface area (Å²) in [4.78, 5) is 17.4. The Balaban J connectivity index is 2.00. The summed E-state index contributed by atoms with van der Waals surface area (Å²) in [6, 6.07) is 0.199. The highest BCUT2D eigenvalue weighted by Crippen LogP contribution is 2.26. The number of rotatable bonds is 0. The fourth-order valence-electron chi connectivity index (χ4n) is 2.11. The van der Waals surface area contributed by atoms with E-state index in [9.17, 15) is 4.79 Å². The van der Waals surface area contributed by atoms with Crippen LogP contribution in [-0.4, -0.2) is 33.2 Å². The van der Waals surface area contributed by atoms with Crippen LogP contribution in [0.2, 0.25) is 0 Å². The molecule has 0 unspecified atom stereocenters. The predicted molar refractivity (Wildman–Crippen MR) is 47.6 cm³/mol. The molecular weight excluding hydrogens is 182 g/mol. The molecule has 5 heteroatoms. The van der Waals surface area contributed by atoms with E-state index in [-0.39, 0.29) is 12.1 Å². The SMILES string of the molecule is Cn1cnc2c1CN1C(=O)OC[C@@H]1C2. The van der Waals surface area contributed by atoms with E-state index in [1.807, 2.05) is 11.6 Å². The highest BCUT2D eigenvalue weighted by atomic mass is 16.6. The third-order valence-corrected chi connectivity index (χ3v) is 2.97. The maximum atomic E-state index is 11.3. The van der Waals surface area contributed by atoms with Crippen molar-refractivity contribution >= 4 is 6.09 Å². The van der Waals surface area contributed by atoms with E-state index in [2.05, 4.69) is 4.98 Å². The van der Waals surface area contributed by atoms with Gasteiger partial charge in [-0.1, -0.05) is 0 Å². The quantitative estimate of drug-likeness (QED) is 0.595. The third kappa shape index (κ3) is 0.893. The Morgan fingerprint density at radius 2 is 2.50 bits per heavy atom. The van der Waals surface area contributed by atoms with E-state index in [0.29, 0.717) is 13.2 Å². The van der Waals surface area contributed by atoms with Crippen molar-refractivity contribution in [1.82, 2.24) is 14.5 Å². The second-order valence-electron chi connectivity index (χ2n) is 3.81. The molecule has 0 spiro atoms. The van der Waals surface area contributed by atoms with E-state index in [1.165, 1.54) is 0 Å². The van der Waals surface area contributed by atoms with Gasteiger partial charge in [0.2, 0.25) is 0 Å². The van der Waals surface area contributed by atoms with Gasteiger partial charge in [0.1, 0.15) is 6.61 Å². The molecule has 3 heterocycles. The molecule has 1 saturated heterocycles. The van der Waals surface area contributed by atoms with Crippen LogP contribution in [0.1, 0.15) is 11.4 Å². The Labute approximate surface area is 81.3 Å². The van der Waals surface area contributed by atoms with Crippen molar-refractivity contribution in [3.63, 3.8) is 0 Å². The summed E-state index contributed by atoms with van der Waals surface area (Å²) in [5, 5.41) is 0. The van der Waals surface area contributed by atoms with Gasteiger partial charge in [0.25, 0.3) is 0 Å². The Bertz CT molecular complexity index is 399. The van der Waals surface area contributed by atoms with Crippen LogP contribution in [0.3, 0.4) is 0 Å². The summed E-state index contributed by atoms with van der Waals surface area (Å²) in [7, 11) is 1.95. The zero-order valence-corrected chi connectivity index (χ0v) is 7.93. The van der Waals surface area contributed by atoms with Crippen LogP contribution < -0.4 is 0 Å². The molecule has 14 heavy (non-hydrogen) atoms. The number of hydrogen-bond donors (Lipinski definition) is 0. The van der Waals surface area contributed by atoms with E-state index >= 15 is 0 Å². The van der Waals surface area contributed by atoms with Gasteiger partial charge in [0.05, 0.1) is 30.3 Å². The third-order valence-electron chi connectivity index (χ3n) is 2.97. The summed E-state index contributed by atoms with van der Waals surface area (Å²) >= 11 is 0. The zero-order chi connectivity index (χ0) is 9.71. The minimum Gasteiger partial charge on any atom is -0.447 e. The first-order valence-corrected chi connectivity index (χ1v) is 4.68. The lowest BCUT2D eigenvalue weighted by Crippen LogP contribution is -2.39. The van der Waals surface area contributed by atoms with Crippen LogP contribution in [0.25, 0.3) is 0 Å². The lowest BCUT2D eigenvalue weighted by Gasteiger charge is -2.26. The molecule has 0 aliphatic carbocycles. The second-order valence-corrected chi connectivity index (χ2v) is 3.81. The average molecular weight is 193 g/mol. The van der Waals surface area contributed by atoms with Crippen molar-refractivity contribution in [2.24, 2.45) is 7.05 Å². The summed E-state index contributed by atoms with van der Waals surface area (Å²) in [5.41, 5.74) is 2.23. The van der Waals surface area contributed by atoms with Crippen molar-refractivity contribution in [2.45, 2.75) is 19.0 Å². The first-order chi connectivity index (χ1) is 6.75. The van der Waals surface area contributed by atoms with Crippen molar-refractivity contribution in [2.75, 3.05) is 6.61 Å². The maximum Gasteiger partial charge on any atom is 0.410 e. The van der Waals surface area contributed by atoms with E-state index in [0.717, 1.165) is 17.8 Å². The van der Waals surface area contributed by atoms with E-state index in [1.54, 1.807) is 11.2 Å². The molecule has 2 aliphatic rings. The molecule has 1 fully saturated rings. The van der Waals surface area contributed by atoms with Gasteiger partial charge in [-0.05, 0) is 0 Å². The lowest BCUT2D eigenvalue weighted by atomic mass is 10.1. The molecule has 0 saturated carbocycles. The molecule has 1 aromatic rings. The van der Waals surface area contributed by atoms with Crippen molar-refractivity contribution in [3.05, 3.63) is 17.7 Å². The van der Waals surface area contributed by atoms with E-state index in [4.69, 9.17) is 4.74 Å². The first-order valence-electron chi connectivity index (χ1n) is 4.68. The number of imidazole rings is 1. The van der Waals surface area contributed by atoms with Crippen molar-refractivity contribution in [3.8, 4) is 0 Å². The molecule has 0 aromatic carbocycles. The van der Waals surface area contributed by atoms with Gasteiger partial charge >= 0.3 is 6.09 Å². The van der Waals surface area contributed by atoms with E-state index < -0.39 is 0 Å². The largest absolute Gasteiger partial charge is 0.447 e. The van der Waals surface area contributed by atoms with Gasteiger partial charge < -0.3 is 9.30 Å². The molecule has 74 valence electrons. The fraction of sp³-hybridized carbons (Fsp3) is 0.556. The average Bonchev–Trinajstić information content (AvgIpc) is 2.71. The molecule has 0 radical (unpaired) electrons. The number of carbonyl (C=O) groups excluding carboxylic acids is 1. The molecule has 2 aliphatic heterocycles. The summed E-state index contributed by atoms with van der Waals surface area (Å²) in [5.74, 6) is 0. The normalized spacial score (nSPS) is 24.5. The molecule has 5 nitrogen and oxygen atoms in total. The fourth-order valence-corrected chi connectivity index (χ4v) is 2.11.